The molecular formula is C23H36O6. The smallest absolute Gasteiger partial charge is 0.336 e. The maximum atomic E-state index is 12.0. The van der Waals surface area contributed by atoms with E-state index in [1.807, 2.05) is 48.5 Å². The van der Waals surface area contributed by atoms with Gasteiger partial charge in [-0.15, -0.1) is 0 Å². The van der Waals surface area contributed by atoms with E-state index >= 15 is 0 Å². The lowest BCUT2D eigenvalue weighted by Gasteiger charge is -2.32. The molecule has 0 amide bonds. The molecule has 6 nitrogen and oxygen atoms in total. The Morgan fingerprint density at radius 3 is 1.72 bits per heavy atom. The third-order valence-corrected chi connectivity index (χ3v) is 5.35. The SMILES string of the molecule is CCCCC(C(=O)O)C(O)(Cc1cc(C(C)(C)C)c(O)c(C(C)(C)C)c1)C(=O)O. The Labute approximate surface area is 173 Å². The van der Waals surface area contributed by atoms with Gasteiger partial charge in [-0.25, -0.2) is 4.79 Å². The average Bonchev–Trinajstić information content (AvgIpc) is 2.54. The van der Waals surface area contributed by atoms with Gasteiger partial charge in [0, 0.05) is 6.42 Å². The lowest BCUT2D eigenvalue weighted by atomic mass is 9.75. The summed E-state index contributed by atoms with van der Waals surface area (Å²) in [6, 6.07) is 3.36. The molecule has 0 aliphatic heterocycles. The number of hydrogen-bond acceptors (Lipinski definition) is 4. The number of carbonyl (C=O) groups is 2. The van der Waals surface area contributed by atoms with Crippen molar-refractivity contribution >= 4 is 11.9 Å². The van der Waals surface area contributed by atoms with Crippen molar-refractivity contribution in [3.05, 3.63) is 28.8 Å². The van der Waals surface area contributed by atoms with Gasteiger partial charge in [-0.1, -0.05) is 73.4 Å². The van der Waals surface area contributed by atoms with Crippen LogP contribution in [0.2, 0.25) is 0 Å². The zero-order chi connectivity index (χ0) is 22.8. The number of phenols is 1. The fourth-order valence-corrected chi connectivity index (χ4v) is 3.57. The van der Waals surface area contributed by atoms with Crippen molar-refractivity contribution in [3.8, 4) is 5.75 Å². The highest BCUT2D eigenvalue weighted by Crippen LogP contribution is 2.41. The van der Waals surface area contributed by atoms with Crippen molar-refractivity contribution in [1.29, 1.82) is 0 Å². The van der Waals surface area contributed by atoms with Gasteiger partial charge >= 0.3 is 11.9 Å². The Morgan fingerprint density at radius 1 is 0.966 bits per heavy atom. The highest BCUT2D eigenvalue weighted by molar-refractivity contribution is 5.86. The summed E-state index contributed by atoms with van der Waals surface area (Å²) < 4.78 is 0. The molecule has 0 aliphatic rings. The summed E-state index contributed by atoms with van der Waals surface area (Å²) in [5, 5.41) is 41.2. The van der Waals surface area contributed by atoms with Gasteiger partial charge in [-0.2, -0.15) is 0 Å². The summed E-state index contributed by atoms with van der Waals surface area (Å²) in [7, 11) is 0. The number of aromatic hydroxyl groups is 1. The zero-order valence-corrected chi connectivity index (χ0v) is 18.7. The van der Waals surface area contributed by atoms with Crippen molar-refractivity contribution < 1.29 is 30.0 Å². The van der Waals surface area contributed by atoms with Crippen LogP contribution >= 0.6 is 0 Å². The Hall–Kier alpha value is -2.08. The second-order valence-electron chi connectivity index (χ2n) is 9.98. The Kier molecular flexibility index (Phi) is 7.52. The Balaban J connectivity index is 3.62. The van der Waals surface area contributed by atoms with E-state index in [1.54, 1.807) is 12.1 Å². The first kappa shape index (κ1) is 25.0. The molecule has 0 bridgehead atoms. The number of aliphatic carboxylic acids is 2. The summed E-state index contributed by atoms with van der Waals surface area (Å²) >= 11 is 0. The molecule has 0 fully saturated rings. The van der Waals surface area contributed by atoms with E-state index in [4.69, 9.17) is 0 Å². The summed E-state index contributed by atoms with van der Waals surface area (Å²) in [6.07, 6.45) is 0.921. The van der Waals surface area contributed by atoms with Crippen LogP contribution in [0, 0.1) is 5.92 Å². The monoisotopic (exact) mass is 408 g/mol. The number of unbranched alkanes of at least 4 members (excludes halogenated alkanes) is 1. The van der Waals surface area contributed by atoms with Crippen LogP contribution in [0.5, 0.6) is 5.75 Å². The van der Waals surface area contributed by atoms with Crippen molar-refractivity contribution in [2.24, 2.45) is 5.92 Å². The van der Waals surface area contributed by atoms with Gasteiger partial charge in [-0.05, 0) is 33.9 Å². The van der Waals surface area contributed by atoms with Gasteiger partial charge < -0.3 is 20.4 Å². The highest BCUT2D eigenvalue weighted by atomic mass is 16.4. The van der Waals surface area contributed by atoms with E-state index in [0.717, 1.165) is 0 Å². The lowest BCUT2D eigenvalue weighted by Crippen LogP contribution is -2.51. The fraction of sp³-hybridized carbons (Fsp3) is 0.652. The Bertz CT molecular complexity index is 719. The summed E-state index contributed by atoms with van der Waals surface area (Å²) in [5.41, 5.74) is -1.53. The molecule has 0 saturated heterocycles. The molecule has 2 unspecified atom stereocenters. The molecule has 2 atom stereocenters. The Morgan fingerprint density at radius 2 is 1.41 bits per heavy atom. The van der Waals surface area contributed by atoms with Crippen LogP contribution < -0.4 is 0 Å². The molecule has 164 valence electrons. The predicted octanol–water partition coefficient (Wildman–Crippen LogP) is 4.24. The molecule has 0 saturated carbocycles. The maximum absolute atomic E-state index is 12.0. The first-order valence-corrected chi connectivity index (χ1v) is 10.1. The van der Waals surface area contributed by atoms with Crippen LogP contribution in [0.15, 0.2) is 12.1 Å². The van der Waals surface area contributed by atoms with Gasteiger partial charge in [0.1, 0.15) is 5.75 Å². The standard InChI is InChI=1S/C23H36O6/c1-8-9-10-15(19(25)26)23(29,20(27)28)13-14-11-16(21(2,3)4)18(24)17(12-14)22(5,6)7/h11-12,15,24,29H,8-10,13H2,1-7H3,(H,25,26)(H,27,28). The number of benzene rings is 1. The molecule has 6 heteroatoms. The molecule has 0 radical (unpaired) electrons. The van der Waals surface area contributed by atoms with Crippen molar-refractivity contribution in [2.75, 3.05) is 0 Å². The van der Waals surface area contributed by atoms with E-state index in [2.05, 4.69) is 0 Å². The molecule has 0 heterocycles. The van der Waals surface area contributed by atoms with Crippen LogP contribution in [0.4, 0.5) is 0 Å². The quantitative estimate of drug-likeness (QED) is 0.511. The van der Waals surface area contributed by atoms with Crippen LogP contribution in [0.25, 0.3) is 0 Å². The van der Waals surface area contributed by atoms with Gasteiger partial charge in [0.2, 0.25) is 0 Å². The number of carboxylic acids is 2. The van der Waals surface area contributed by atoms with E-state index in [9.17, 15) is 30.0 Å². The molecule has 1 rings (SSSR count). The largest absolute Gasteiger partial charge is 0.507 e. The van der Waals surface area contributed by atoms with Crippen LogP contribution in [-0.2, 0) is 26.8 Å². The average molecular weight is 409 g/mol. The van der Waals surface area contributed by atoms with Crippen LogP contribution in [0.1, 0.15) is 84.4 Å². The second-order valence-corrected chi connectivity index (χ2v) is 9.98. The van der Waals surface area contributed by atoms with Crippen LogP contribution in [0.3, 0.4) is 0 Å². The van der Waals surface area contributed by atoms with Crippen molar-refractivity contribution in [3.63, 3.8) is 0 Å². The minimum absolute atomic E-state index is 0.0744. The minimum Gasteiger partial charge on any atom is -0.507 e. The molecule has 0 spiro atoms. The minimum atomic E-state index is -2.44. The summed E-state index contributed by atoms with van der Waals surface area (Å²) in [6.45, 7) is 13.5. The van der Waals surface area contributed by atoms with E-state index in [1.165, 1.54) is 0 Å². The number of hydrogen-bond donors (Lipinski definition) is 4. The third kappa shape index (κ3) is 5.72. The molecule has 4 N–H and O–H groups in total. The molecule has 1 aromatic carbocycles. The van der Waals surface area contributed by atoms with E-state index in [0.29, 0.717) is 29.5 Å². The van der Waals surface area contributed by atoms with Crippen LogP contribution in [-0.4, -0.2) is 38.0 Å². The predicted molar refractivity (Wildman–Crippen MR) is 112 cm³/mol. The molecule has 0 aromatic heterocycles. The summed E-state index contributed by atoms with van der Waals surface area (Å²) in [5.74, 6) is -4.16. The molecule has 0 aliphatic carbocycles. The van der Waals surface area contributed by atoms with Crippen molar-refractivity contribution in [2.45, 2.75) is 90.6 Å². The second kappa shape index (κ2) is 8.74. The molecule has 29 heavy (non-hydrogen) atoms. The van der Waals surface area contributed by atoms with Gasteiger partial charge in [0.25, 0.3) is 0 Å². The normalized spacial score (nSPS) is 15.6. The number of carboxylic acid groups (broad SMARTS) is 2. The number of aliphatic hydroxyl groups is 1. The van der Waals surface area contributed by atoms with Crippen molar-refractivity contribution in [1.82, 2.24) is 0 Å². The first-order chi connectivity index (χ1) is 13.1. The zero-order valence-electron chi connectivity index (χ0n) is 18.7. The highest BCUT2D eigenvalue weighted by Gasteiger charge is 2.48. The van der Waals surface area contributed by atoms with Gasteiger partial charge in [-0.3, -0.25) is 4.79 Å². The van der Waals surface area contributed by atoms with E-state index in [-0.39, 0.29) is 18.6 Å². The topological polar surface area (TPSA) is 115 Å². The molecular weight excluding hydrogens is 372 g/mol. The third-order valence-electron chi connectivity index (χ3n) is 5.35. The lowest BCUT2D eigenvalue weighted by molar-refractivity contribution is -0.174. The first-order valence-electron chi connectivity index (χ1n) is 10.1. The van der Waals surface area contributed by atoms with Gasteiger partial charge in [0.05, 0.1) is 5.92 Å². The van der Waals surface area contributed by atoms with Gasteiger partial charge in [0.15, 0.2) is 5.60 Å². The molecule has 1 aromatic rings. The number of rotatable bonds is 8. The van der Waals surface area contributed by atoms with E-state index < -0.39 is 34.3 Å². The fourth-order valence-electron chi connectivity index (χ4n) is 3.57. The number of phenolic OH excluding ortho intramolecular Hbond substituents is 1. The summed E-state index contributed by atoms with van der Waals surface area (Å²) in [4.78, 5) is 23.8. The maximum Gasteiger partial charge on any atom is 0.336 e.